The molecule has 0 aromatic rings. The number of carbonyl (C=O) groups is 2. The van der Waals surface area contributed by atoms with Crippen LogP contribution in [0.25, 0.3) is 0 Å². The number of carboxylic acids is 1. The standard InChI is InChI=1S/C12H21NO4/c1-3-12(4-2,10(14)15)11(16)17-9-7-5-6-8-13-9/h9,13H,3-8H2,1-2H3,(H,14,15). The fourth-order valence-corrected chi connectivity index (χ4v) is 2.09. The van der Waals surface area contributed by atoms with Gasteiger partial charge < -0.3 is 9.84 Å². The van der Waals surface area contributed by atoms with Gasteiger partial charge in [0, 0.05) is 0 Å². The van der Waals surface area contributed by atoms with E-state index in [1.807, 2.05) is 0 Å². The molecule has 0 spiro atoms. The number of carbonyl (C=O) groups excluding carboxylic acids is 1. The number of hydrogen-bond donors (Lipinski definition) is 2. The predicted octanol–water partition coefficient (Wildman–Crippen LogP) is 1.52. The van der Waals surface area contributed by atoms with Crippen molar-refractivity contribution in [1.29, 1.82) is 0 Å². The van der Waals surface area contributed by atoms with Gasteiger partial charge in [0.1, 0.15) is 0 Å². The topological polar surface area (TPSA) is 75.6 Å². The van der Waals surface area contributed by atoms with E-state index in [-0.39, 0.29) is 19.1 Å². The normalized spacial score (nSPS) is 20.9. The van der Waals surface area contributed by atoms with Crippen molar-refractivity contribution in [3.8, 4) is 0 Å². The van der Waals surface area contributed by atoms with Crippen molar-refractivity contribution in [2.75, 3.05) is 6.54 Å². The molecule has 0 bridgehead atoms. The minimum absolute atomic E-state index is 0.254. The summed E-state index contributed by atoms with van der Waals surface area (Å²) in [6.07, 6.45) is 3.01. The molecular weight excluding hydrogens is 222 g/mol. The predicted molar refractivity (Wildman–Crippen MR) is 62.4 cm³/mol. The van der Waals surface area contributed by atoms with E-state index in [2.05, 4.69) is 5.32 Å². The second-order valence-corrected chi connectivity index (χ2v) is 4.44. The second kappa shape index (κ2) is 6.00. The van der Waals surface area contributed by atoms with Crippen molar-refractivity contribution in [2.45, 2.75) is 52.2 Å². The van der Waals surface area contributed by atoms with Crippen molar-refractivity contribution in [3.05, 3.63) is 0 Å². The molecule has 1 unspecified atom stereocenters. The second-order valence-electron chi connectivity index (χ2n) is 4.44. The Morgan fingerprint density at radius 2 is 2.00 bits per heavy atom. The minimum atomic E-state index is -1.39. The van der Waals surface area contributed by atoms with E-state index in [0.717, 1.165) is 25.8 Å². The Morgan fingerprint density at radius 1 is 1.35 bits per heavy atom. The summed E-state index contributed by atoms with van der Waals surface area (Å²) in [5.41, 5.74) is -1.39. The highest BCUT2D eigenvalue weighted by Crippen LogP contribution is 2.29. The molecule has 98 valence electrons. The zero-order chi connectivity index (χ0) is 12.9. The molecule has 1 saturated heterocycles. The molecule has 0 radical (unpaired) electrons. The van der Waals surface area contributed by atoms with Gasteiger partial charge in [-0.05, 0) is 38.6 Å². The van der Waals surface area contributed by atoms with Gasteiger partial charge in [-0.25, -0.2) is 0 Å². The number of aliphatic carboxylic acids is 1. The van der Waals surface area contributed by atoms with Crippen molar-refractivity contribution in [1.82, 2.24) is 5.32 Å². The number of carboxylic acid groups (broad SMARTS) is 1. The third-order valence-corrected chi connectivity index (χ3v) is 3.52. The third-order valence-electron chi connectivity index (χ3n) is 3.52. The largest absolute Gasteiger partial charge is 0.480 e. The molecule has 0 amide bonds. The van der Waals surface area contributed by atoms with E-state index in [1.54, 1.807) is 13.8 Å². The van der Waals surface area contributed by atoms with E-state index < -0.39 is 17.4 Å². The van der Waals surface area contributed by atoms with E-state index in [9.17, 15) is 14.7 Å². The molecule has 0 aromatic carbocycles. The quantitative estimate of drug-likeness (QED) is 0.565. The smallest absolute Gasteiger partial charge is 0.325 e. The summed E-state index contributed by atoms with van der Waals surface area (Å²) in [5, 5.41) is 12.3. The molecule has 1 heterocycles. The van der Waals surface area contributed by atoms with E-state index in [1.165, 1.54) is 0 Å². The van der Waals surface area contributed by atoms with Crippen LogP contribution in [0.5, 0.6) is 0 Å². The summed E-state index contributed by atoms with van der Waals surface area (Å²) < 4.78 is 5.27. The summed E-state index contributed by atoms with van der Waals surface area (Å²) in [6.45, 7) is 4.22. The van der Waals surface area contributed by atoms with Crippen LogP contribution in [0, 0.1) is 5.41 Å². The molecule has 0 saturated carbocycles. The van der Waals surface area contributed by atoms with Crippen LogP contribution in [0.3, 0.4) is 0 Å². The lowest BCUT2D eigenvalue weighted by Gasteiger charge is -2.29. The molecule has 5 nitrogen and oxygen atoms in total. The van der Waals surface area contributed by atoms with Crippen molar-refractivity contribution < 1.29 is 19.4 Å². The number of ether oxygens (including phenoxy) is 1. The zero-order valence-electron chi connectivity index (χ0n) is 10.5. The number of rotatable bonds is 5. The van der Waals surface area contributed by atoms with Crippen LogP contribution in [0.2, 0.25) is 0 Å². The van der Waals surface area contributed by atoms with Gasteiger partial charge in [-0.15, -0.1) is 0 Å². The van der Waals surface area contributed by atoms with Gasteiger partial charge in [-0.1, -0.05) is 13.8 Å². The van der Waals surface area contributed by atoms with Crippen LogP contribution in [-0.4, -0.2) is 29.8 Å². The fourth-order valence-electron chi connectivity index (χ4n) is 2.09. The minimum Gasteiger partial charge on any atom is -0.480 e. The lowest BCUT2D eigenvalue weighted by atomic mass is 9.82. The molecule has 1 atom stereocenters. The van der Waals surface area contributed by atoms with Crippen LogP contribution in [0.1, 0.15) is 46.0 Å². The molecule has 5 heteroatoms. The molecule has 1 fully saturated rings. The lowest BCUT2D eigenvalue weighted by Crippen LogP contribution is -2.45. The van der Waals surface area contributed by atoms with Crippen molar-refractivity contribution in [2.24, 2.45) is 5.41 Å². The average molecular weight is 243 g/mol. The fraction of sp³-hybridized carbons (Fsp3) is 0.833. The van der Waals surface area contributed by atoms with Gasteiger partial charge in [0.25, 0.3) is 0 Å². The van der Waals surface area contributed by atoms with Gasteiger partial charge in [0.2, 0.25) is 0 Å². The Bertz CT molecular complexity index is 280. The first kappa shape index (κ1) is 14.0. The highest BCUT2D eigenvalue weighted by atomic mass is 16.6. The van der Waals surface area contributed by atoms with E-state index in [4.69, 9.17) is 4.74 Å². The molecule has 0 aromatic heterocycles. The first-order valence-corrected chi connectivity index (χ1v) is 6.24. The van der Waals surface area contributed by atoms with Gasteiger partial charge in [-0.3, -0.25) is 14.9 Å². The number of hydrogen-bond acceptors (Lipinski definition) is 4. The molecule has 17 heavy (non-hydrogen) atoms. The average Bonchev–Trinajstić information content (AvgIpc) is 2.32. The first-order chi connectivity index (χ1) is 8.06. The third kappa shape index (κ3) is 2.97. The maximum atomic E-state index is 12.0. The van der Waals surface area contributed by atoms with Crippen LogP contribution in [-0.2, 0) is 14.3 Å². The Morgan fingerprint density at radius 3 is 2.41 bits per heavy atom. The molecule has 1 aliphatic heterocycles. The monoisotopic (exact) mass is 243 g/mol. The number of esters is 1. The number of nitrogens with one attached hydrogen (secondary N) is 1. The maximum Gasteiger partial charge on any atom is 0.325 e. The zero-order valence-corrected chi connectivity index (χ0v) is 10.5. The van der Waals surface area contributed by atoms with Crippen LogP contribution < -0.4 is 5.32 Å². The van der Waals surface area contributed by atoms with Crippen molar-refractivity contribution >= 4 is 11.9 Å². The Labute approximate surface area is 102 Å². The highest BCUT2D eigenvalue weighted by Gasteiger charge is 2.45. The van der Waals surface area contributed by atoms with E-state index >= 15 is 0 Å². The van der Waals surface area contributed by atoms with Crippen LogP contribution >= 0.6 is 0 Å². The van der Waals surface area contributed by atoms with Gasteiger partial charge in [0.05, 0.1) is 0 Å². The molecule has 1 rings (SSSR count). The summed E-state index contributed by atoms with van der Waals surface area (Å²) >= 11 is 0. The van der Waals surface area contributed by atoms with Crippen molar-refractivity contribution in [3.63, 3.8) is 0 Å². The summed E-state index contributed by atoms with van der Waals surface area (Å²) in [7, 11) is 0. The molecule has 1 aliphatic rings. The summed E-state index contributed by atoms with van der Waals surface area (Å²) in [4.78, 5) is 23.2. The Hall–Kier alpha value is -1.10. The highest BCUT2D eigenvalue weighted by molar-refractivity contribution is 5.99. The summed E-state index contributed by atoms with van der Waals surface area (Å²) in [6, 6.07) is 0. The van der Waals surface area contributed by atoms with Gasteiger partial charge >= 0.3 is 11.9 Å². The maximum absolute atomic E-state index is 12.0. The Kier molecular flexibility index (Phi) is 4.93. The van der Waals surface area contributed by atoms with Crippen LogP contribution in [0.4, 0.5) is 0 Å². The van der Waals surface area contributed by atoms with Crippen LogP contribution in [0.15, 0.2) is 0 Å². The Balaban J connectivity index is 2.67. The number of piperidine rings is 1. The first-order valence-electron chi connectivity index (χ1n) is 6.24. The molecule has 2 N–H and O–H groups in total. The van der Waals surface area contributed by atoms with Gasteiger partial charge in [-0.2, -0.15) is 0 Å². The summed E-state index contributed by atoms with van der Waals surface area (Å²) in [5.74, 6) is -1.71. The SMILES string of the molecule is CCC(CC)(C(=O)O)C(=O)OC1CCCCN1. The molecular formula is C12H21NO4. The van der Waals surface area contributed by atoms with E-state index in [0.29, 0.717) is 0 Å². The van der Waals surface area contributed by atoms with Gasteiger partial charge in [0.15, 0.2) is 11.6 Å². The lowest BCUT2D eigenvalue weighted by molar-refractivity contribution is -0.175. The molecule has 0 aliphatic carbocycles.